The highest BCUT2D eigenvalue weighted by molar-refractivity contribution is 5.66. The molecule has 4 atom stereocenters. The van der Waals surface area contributed by atoms with E-state index in [2.05, 4.69) is 0 Å². The minimum Gasteiger partial charge on any atom is -0.465 e. The Balaban J connectivity index is 2.13. The van der Waals surface area contributed by atoms with Gasteiger partial charge in [-0.05, 0) is 6.42 Å². The van der Waals surface area contributed by atoms with Crippen molar-refractivity contribution in [1.29, 1.82) is 0 Å². The van der Waals surface area contributed by atoms with Crippen LogP contribution in [0.15, 0.2) is 0 Å². The number of likely N-dealkylation sites (tertiary alicyclic amines) is 1. The summed E-state index contributed by atoms with van der Waals surface area (Å²) in [5, 5.41) is 18.6. The maximum absolute atomic E-state index is 10.8. The normalized spacial score (nSPS) is 41.4. The molecule has 2 rings (SSSR count). The molecular formula is C8H13NO5. The summed E-state index contributed by atoms with van der Waals surface area (Å²) in [5.74, 6) is 0. The molecule has 14 heavy (non-hydrogen) atoms. The molecule has 4 unspecified atom stereocenters. The lowest BCUT2D eigenvalue weighted by molar-refractivity contribution is -0.150. The topological polar surface area (TPSA) is 79.2 Å². The minimum atomic E-state index is -1.02. The van der Waals surface area contributed by atoms with Crippen molar-refractivity contribution in [2.75, 3.05) is 13.7 Å². The number of rotatable bonds is 1. The Morgan fingerprint density at radius 1 is 1.64 bits per heavy atom. The SMILES string of the molecule is COC1OC2CCN(C(=O)O)C2C1O. The van der Waals surface area contributed by atoms with Gasteiger partial charge in [-0.3, -0.25) is 4.90 Å². The fraction of sp³-hybridized carbons (Fsp3) is 0.875. The average molecular weight is 203 g/mol. The quantitative estimate of drug-likeness (QED) is 0.599. The molecule has 2 heterocycles. The smallest absolute Gasteiger partial charge is 0.407 e. The van der Waals surface area contributed by atoms with Gasteiger partial charge in [0.25, 0.3) is 0 Å². The van der Waals surface area contributed by atoms with E-state index in [1.54, 1.807) is 0 Å². The third-order valence-corrected chi connectivity index (χ3v) is 2.81. The largest absolute Gasteiger partial charge is 0.465 e. The van der Waals surface area contributed by atoms with E-state index in [0.717, 1.165) is 0 Å². The van der Waals surface area contributed by atoms with Crippen molar-refractivity contribution in [3.8, 4) is 0 Å². The molecule has 0 spiro atoms. The molecule has 1 amide bonds. The van der Waals surface area contributed by atoms with Crippen LogP contribution in [0.4, 0.5) is 4.79 Å². The molecule has 2 aliphatic rings. The van der Waals surface area contributed by atoms with E-state index in [1.807, 2.05) is 0 Å². The highest BCUT2D eigenvalue weighted by atomic mass is 16.7. The summed E-state index contributed by atoms with van der Waals surface area (Å²) >= 11 is 0. The van der Waals surface area contributed by atoms with Gasteiger partial charge in [-0.25, -0.2) is 4.79 Å². The number of methoxy groups -OCH3 is 1. The Morgan fingerprint density at radius 2 is 2.36 bits per heavy atom. The molecule has 2 aliphatic heterocycles. The molecule has 2 N–H and O–H groups in total. The molecule has 6 nitrogen and oxygen atoms in total. The van der Waals surface area contributed by atoms with Crippen LogP contribution < -0.4 is 0 Å². The third-order valence-electron chi connectivity index (χ3n) is 2.81. The molecular weight excluding hydrogens is 190 g/mol. The van der Waals surface area contributed by atoms with Crippen LogP contribution in [0.2, 0.25) is 0 Å². The summed E-state index contributed by atoms with van der Waals surface area (Å²) < 4.78 is 10.2. The van der Waals surface area contributed by atoms with Gasteiger partial charge in [-0.2, -0.15) is 0 Å². The molecule has 80 valence electrons. The zero-order valence-corrected chi connectivity index (χ0v) is 7.79. The van der Waals surface area contributed by atoms with Crippen molar-refractivity contribution >= 4 is 6.09 Å². The number of hydrogen-bond acceptors (Lipinski definition) is 4. The van der Waals surface area contributed by atoms with Crippen molar-refractivity contribution < 1.29 is 24.5 Å². The van der Waals surface area contributed by atoms with Crippen molar-refractivity contribution in [3.63, 3.8) is 0 Å². The van der Waals surface area contributed by atoms with E-state index in [4.69, 9.17) is 14.6 Å². The standard InChI is InChI=1S/C8H13NO5/c1-13-7-6(10)5-4(14-7)2-3-9(5)8(11)12/h4-7,10H,2-3H2,1H3,(H,11,12). The highest BCUT2D eigenvalue weighted by Crippen LogP contribution is 2.33. The summed E-state index contributed by atoms with van der Waals surface area (Å²) in [7, 11) is 1.43. The fourth-order valence-electron chi connectivity index (χ4n) is 2.17. The summed E-state index contributed by atoms with van der Waals surface area (Å²) in [6.07, 6.45) is -2.22. The first-order valence-corrected chi connectivity index (χ1v) is 4.51. The monoisotopic (exact) mass is 203 g/mol. The molecule has 6 heteroatoms. The summed E-state index contributed by atoms with van der Waals surface area (Å²) in [4.78, 5) is 12.0. The van der Waals surface area contributed by atoms with Gasteiger partial charge in [0.05, 0.1) is 12.1 Å². The van der Waals surface area contributed by atoms with Gasteiger partial charge in [0.1, 0.15) is 6.10 Å². The van der Waals surface area contributed by atoms with Gasteiger partial charge in [-0.15, -0.1) is 0 Å². The zero-order valence-electron chi connectivity index (χ0n) is 7.79. The predicted molar refractivity (Wildman–Crippen MR) is 44.8 cm³/mol. The molecule has 0 aromatic carbocycles. The molecule has 0 aromatic rings. The number of fused-ring (bicyclic) bond motifs is 1. The van der Waals surface area contributed by atoms with Crippen molar-refractivity contribution in [2.45, 2.75) is 31.0 Å². The van der Waals surface area contributed by atoms with Gasteiger partial charge in [0.2, 0.25) is 0 Å². The van der Waals surface area contributed by atoms with E-state index < -0.39 is 24.5 Å². The van der Waals surface area contributed by atoms with E-state index in [-0.39, 0.29) is 6.10 Å². The summed E-state index contributed by atoms with van der Waals surface area (Å²) in [5.41, 5.74) is 0. The second kappa shape index (κ2) is 3.38. The third kappa shape index (κ3) is 1.26. The molecule has 0 radical (unpaired) electrons. The molecule has 2 fully saturated rings. The van der Waals surface area contributed by atoms with Crippen LogP contribution >= 0.6 is 0 Å². The maximum atomic E-state index is 10.8. The van der Waals surface area contributed by atoms with Crippen molar-refractivity contribution in [3.05, 3.63) is 0 Å². The maximum Gasteiger partial charge on any atom is 0.407 e. The first-order valence-electron chi connectivity index (χ1n) is 4.51. The number of ether oxygens (including phenoxy) is 2. The van der Waals surface area contributed by atoms with Gasteiger partial charge >= 0.3 is 6.09 Å². The second-order valence-electron chi connectivity index (χ2n) is 3.52. The van der Waals surface area contributed by atoms with Gasteiger partial charge in [0.15, 0.2) is 6.29 Å². The predicted octanol–water partition coefficient (Wildman–Crippen LogP) is -0.529. The van der Waals surface area contributed by atoms with Crippen LogP contribution in [0.3, 0.4) is 0 Å². The number of nitrogens with zero attached hydrogens (tertiary/aromatic N) is 1. The first kappa shape index (κ1) is 9.70. The Hall–Kier alpha value is -0.850. The molecule has 0 saturated carbocycles. The van der Waals surface area contributed by atoms with Crippen LogP contribution in [0.5, 0.6) is 0 Å². The lowest BCUT2D eigenvalue weighted by Crippen LogP contribution is -2.45. The van der Waals surface area contributed by atoms with Crippen molar-refractivity contribution in [2.24, 2.45) is 0 Å². The van der Waals surface area contributed by atoms with Crippen LogP contribution in [0.1, 0.15) is 6.42 Å². The lowest BCUT2D eigenvalue weighted by atomic mass is 10.1. The Kier molecular flexibility index (Phi) is 2.34. The Morgan fingerprint density at radius 3 is 2.93 bits per heavy atom. The van der Waals surface area contributed by atoms with Crippen LogP contribution in [-0.4, -0.2) is 59.4 Å². The number of amides is 1. The minimum absolute atomic E-state index is 0.231. The van der Waals surface area contributed by atoms with Crippen LogP contribution in [0.25, 0.3) is 0 Å². The van der Waals surface area contributed by atoms with Gasteiger partial charge in [-0.1, -0.05) is 0 Å². The van der Waals surface area contributed by atoms with E-state index in [0.29, 0.717) is 13.0 Å². The molecule has 2 saturated heterocycles. The van der Waals surface area contributed by atoms with E-state index >= 15 is 0 Å². The van der Waals surface area contributed by atoms with Gasteiger partial charge in [0, 0.05) is 13.7 Å². The van der Waals surface area contributed by atoms with Crippen LogP contribution in [-0.2, 0) is 9.47 Å². The van der Waals surface area contributed by atoms with E-state index in [1.165, 1.54) is 12.0 Å². The Bertz CT molecular complexity index is 246. The number of aliphatic hydroxyl groups is 1. The summed E-state index contributed by atoms with van der Waals surface area (Å²) in [6, 6.07) is -0.475. The zero-order chi connectivity index (χ0) is 10.3. The van der Waals surface area contributed by atoms with Crippen molar-refractivity contribution in [1.82, 2.24) is 4.90 Å². The number of carbonyl (C=O) groups is 1. The second-order valence-corrected chi connectivity index (χ2v) is 3.52. The van der Waals surface area contributed by atoms with E-state index in [9.17, 15) is 9.90 Å². The molecule has 0 aromatic heterocycles. The number of hydrogen-bond donors (Lipinski definition) is 2. The summed E-state index contributed by atoms with van der Waals surface area (Å²) in [6.45, 7) is 0.415. The first-order chi connectivity index (χ1) is 6.65. The Labute approximate surface area is 81.0 Å². The molecule has 0 aliphatic carbocycles. The van der Waals surface area contributed by atoms with Gasteiger partial charge < -0.3 is 19.7 Å². The highest BCUT2D eigenvalue weighted by Gasteiger charge is 2.52. The fourth-order valence-corrected chi connectivity index (χ4v) is 2.17. The average Bonchev–Trinajstić information content (AvgIpc) is 2.66. The number of carboxylic acid groups (broad SMARTS) is 1. The lowest BCUT2D eigenvalue weighted by Gasteiger charge is -2.23. The van der Waals surface area contributed by atoms with Crippen LogP contribution in [0, 0.1) is 0 Å². The number of aliphatic hydroxyl groups excluding tert-OH is 1. The molecule has 0 bridgehead atoms.